The standard InChI is InChI=1S/C16H21NO2S/c18-14(17-9-13-2-1-3-20-13)15-5-11-4-12(6-15)8-16(19,7-11)10-15/h1-3,11-12,19H,4-10H2,(H,17,18). The van der Waals surface area contributed by atoms with E-state index in [-0.39, 0.29) is 11.3 Å². The molecule has 1 amide bonds. The average molecular weight is 291 g/mol. The Morgan fingerprint density at radius 3 is 2.70 bits per heavy atom. The molecular formula is C16H21NO2S. The quantitative estimate of drug-likeness (QED) is 0.899. The third-order valence-electron chi connectivity index (χ3n) is 5.52. The minimum Gasteiger partial charge on any atom is -0.390 e. The van der Waals surface area contributed by atoms with E-state index in [0.29, 0.717) is 24.8 Å². The van der Waals surface area contributed by atoms with Crippen LogP contribution in [0.25, 0.3) is 0 Å². The highest BCUT2D eigenvalue weighted by Gasteiger charge is 2.60. The summed E-state index contributed by atoms with van der Waals surface area (Å²) in [5.41, 5.74) is -0.833. The molecule has 4 aliphatic rings. The molecular weight excluding hydrogens is 270 g/mol. The van der Waals surface area contributed by atoms with Crippen LogP contribution in [0.4, 0.5) is 0 Å². The Bertz CT molecular complexity index is 511. The van der Waals surface area contributed by atoms with Gasteiger partial charge in [-0.1, -0.05) is 6.07 Å². The number of thiophene rings is 1. The number of rotatable bonds is 3. The van der Waals surface area contributed by atoms with E-state index < -0.39 is 5.60 Å². The summed E-state index contributed by atoms with van der Waals surface area (Å²) in [5.74, 6) is 1.31. The van der Waals surface area contributed by atoms with Crippen molar-refractivity contribution in [3.63, 3.8) is 0 Å². The fourth-order valence-corrected chi connectivity index (χ4v) is 5.89. The molecule has 2 atom stereocenters. The molecule has 108 valence electrons. The smallest absolute Gasteiger partial charge is 0.226 e. The van der Waals surface area contributed by atoms with Gasteiger partial charge in [-0.25, -0.2) is 0 Å². The monoisotopic (exact) mass is 291 g/mol. The highest BCUT2D eigenvalue weighted by molar-refractivity contribution is 7.09. The number of nitrogens with one attached hydrogen (secondary N) is 1. The van der Waals surface area contributed by atoms with Gasteiger partial charge in [-0.3, -0.25) is 4.79 Å². The largest absolute Gasteiger partial charge is 0.390 e. The van der Waals surface area contributed by atoms with E-state index in [0.717, 1.165) is 25.7 Å². The zero-order valence-corrected chi connectivity index (χ0v) is 12.4. The SMILES string of the molecule is O=C(NCc1cccs1)C12CC3CC(CC(O)(C3)C1)C2. The van der Waals surface area contributed by atoms with E-state index >= 15 is 0 Å². The van der Waals surface area contributed by atoms with Crippen LogP contribution in [0.5, 0.6) is 0 Å². The molecule has 5 rings (SSSR count). The molecule has 2 N–H and O–H groups in total. The van der Waals surface area contributed by atoms with Crippen molar-refractivity contribution in [2.24, 2.45) is 17.3 Å². The second-order valence-corrected chi connectivity index (χ2v) is 8.26. The van der Waals surface area contributed by atoms with Crippen LogP contribution in [-0.2, 0) is 11.3 Å². The van der Waals surface area contributed by atoms with E-state index in [1.165, 1.54) is 11.3 Å². The van der Waals surface area contributed by atoms with Gasteiger partial charge in [0.05, 0.1) is 17.6 Å². The van der Waals surface area contributed by atoms with Gasteiger partial charge in [0.15, 0.2) is 0 Å². The first-order chi connectivity index (χ1) is 9.57. The van der Waals surface area contributed by atoms with E-state index in [2.05, 4.69) is 11.4 Å². The lowest BCUT2D eigenvalue weighted by Crippen LogP contribution is -2.60. The fraction of sp³-hybridized carbons (Fsp3) is 0.688. The topological polar surface area (TPSA) is 49.3 Å². The van der Waals surface area contributed by atoms with Gasteiger partial charge in [0, 0.05) is 4.88 Å². The molecule has 0 saturated heterocycles. The first kappa shape index (κ1) is 12.8. The van der Waals surface area contributed by atoms with Crippen molar-refractivity contribution in [3.05, 3.63) is 22.4 Å². The maximum atomic E-state index is 12.7. The lowest BCUT2D eigenvalue weighted by Gasteiger charge is -2.59. The minimum absolute atomic E-state index is 0.179. The Labute approximate surface area is 123 Å². The molecule has 3 nitrogen and oxygen atoms in total. The van der Waals surface area contributed by atoms with Crippen molar-refractivity contribution >= 4 is 17.2 Å². The number of carbonyl (C=O) groups excluding carboxylic acids is 1. The van der Waals surface area contributed by atoms with Gasteiger partial charge in [0.2, 0.25) is 5.91 Å². The lowest BCUT2D eigenvalue weighted by molar-refractivity contribution is -0.178. The molecule has 2 unspecified atom stereocenters. The van der Waals surface area contributed by atoms with Crippen molar-refractivity contribution in [1.29, 1.82) is 0 Å². The molecule has 4 aliphatic carbocycles. The van der Waals surface area contributed by atoms with Gasteiger partial charge in [-0.05, 0) is 61.8 Å². The van der Waals surface area contributed by atoms with Gasteiger partial charge >= 0.3 is 0 Å². The van der Waals surface area contributed by atoms with E-state index in [1.54, 1.807) is 11.3 Å². The van der Waals surface area contributed by atoms with Crippen LogP contribution in [0.3, 0.4) is 0 Å². The first-order valence-electron chi connectivity index (χ1n) is 7.60. The van der Waals surface area contributed by atoms with Crippen LogP contribution in [-0.4, -0.2) is 16.6 Å². The van der Waals surface area contributed by atoms with Crippen LogP contribution < -0.4 is 5.32 Å². The van der Waals surface area contributed by atoms with Gasteiger partial charge in [0.25, 0.3) is 0 Å². The van der Waals surface area contributed by atoms with Crippen LogP contribution in [0.1, 0.15) is 43.4 Å². The molecule has 1 aromatic heterocycles. The molecule has 4 fully saturated rings. The van der Waals surface area contributed by atoms with Crippen molar-refractivity contribution in [3.8, 4) is 0 Å². The normalized spacial score (nSPS) is 41.9. The fourth-order valence-electron chi connectivity index (χ4n) is 5.25. The number of carbonyl (C=O) groups is 1. The number of aliphatic hydroxyl groups is 1. The summed E-state index contributed by atoms with van der Waals surface area (Å²) < 4.78 is 0. The summed E-state index contributed by atoms with van der Waals surface area (Å²) in [6.07, 6.45) is 5.72. The predicted octanol–water partition coefficient (Wildman–Crippen LogP) is 2.70. The molecule has 20 heavy (non-hydrogen) atoms. The van der Waals surface area contributed by atoms with Crippen LogP contribution in [0.2, 0.25) is 0 Å². The predicted molar refractivity (Wildman–Crippen MR) is 78.2 cm³/mol. The van der Waals surface area contributed by atoms with Crippen molar-refractivity contribution in [2.75, 3.05) is 0 Å². The zero-order chi connectivity index (χ0) is 13.8. The van der Waals surface area contributed by atoms with Gasteiger partial charge in [0.1, 0.15) is 0 Å². The average Bonchev–Trinajstić information content (AvgIpc) is 2.85. The second kappa shape index (κ2) is 4.31. The summed E-state index contributed by atoms with van der Waals surface area (Å²) >= 11 is 1.68. The highest BCUT2D eigenvalue weighted by atomic mass is 32.1. The van der Waals surface area contributed by atoms with Crippen molar-refractivity contribution in [2.45, 2.75) is 50.7 Å². The highest BCUT2D eigenvalue weighted by Crippen LogP contribution is 2.61. The minimum atomic E-state index is -0.551. The van der Waals surface area contributed by atoms with Crippen molar-refractivity contribution in [1.82, 2.24) is 5.32 Å². The Hall–Kier alpha value is -0.870. The molecule has 4 heteroatoms. The van der Waals surface area contributed by atoms with Crippen molar-refractivity contribution < 1.29 is 9.90 Å². The molecule has 1 aromatic rings. The maximum Gasteiger partial charge on any atom is 0.226 e. The number of hydrogen-bond donors (Lipinski definition) is 2. The van der Waals surface area contributed by atoms with E-state index in [9.17, 15) is 9.90 Å². The van der Waals surface area contributed by atoms with E-state index in [4.69, 9.17) is 0 Å². The molecule has 4 saturated carbocycles. The molecule has 4 bridgehead atoms. The lowest BCUT2D eigenvalue weighted by atomic mass is 9.47. The molecule has 0 aliphatic heterocycles. The second-order valence-electron chi connectivity index (χ2n) is 7.23. The third-order valence-corrected chi connectivity index (χ3v) is 6.39. The van der Waals surface area contributed by atoms with Gasteiger partial charge in [-0.15, -0.1) is 11.3 Å². The third kappa shape index (κ3) is 2.01. The van der Waals surface area contributed by atoms with Crippen LogP contribution in [0, 0.1) is 17.3 Å². The Balaban J connectivity index is 1.51. The summed E-state index contributed by atoms with van der Waals surface area (Å²) in [7, 11) is 0. The van der Waals surface area contributed by atoms with Crippen LogP contribution >= 0.6 is 11.3 Å². The van der Waals surface area contributed by atoms with Gasteiger partial charge < -0.3 is 10.4 Å². The summed E-state index contributed by atoms with van der Waals surface area (Å²) in [5, 5.41) is 15.8. The Kier molecular flexibility index (Phi) is 2.77. The summed E-state index contributed by atoms with van der Waals surface area (Å²) in [4.78, 5) is 13.9. The first-order valence-corrected chi connectivity index (χ1v) is 8.48. The number of amides is 1. The zero-order valence-electron chi connectivity index (χ0n) is 11.6. The summed E-state index contributed by atoms with van der Waals surface area (Å²) in [6, 6.07) is 4.07. The maximum absolute atomic E-state index is 12.7. The molecule has 1 heterocycles. The molecule has 0 aromatic carbocycles. The Morgan fingerprint density at radius 2 is 2.10 bits per heavy atom. The van der Waals surface area contributed by atoms with Gasteiger partial charge in [-0.2, -0.15) is 0 Å². The summed E-state index contributed by atoms with van der Waals surface area (Å²) in [6.45, 7) is 0.631. The van der Waals surface area contributed by atoms with E-state index in [1.807, 2.05) is 11.4 Å². The van der Waals surface area contributed by atoms with Crippen LogP contribution in [0.15, 0.2) is 17.5 Å². The Morgan fingerprint density at radius 1 is 1.35 bits per heavy atom. The molecule has 0 radical (unpaired) electrons. The number of hydrogen-bond acceptors (Lipinski definition) is 3. The molecule has 0 spiro atoms.